The highest BCUT2D eigenvalue weighted by Crippen LogP contribution is 2.40. The number of halogens is 1. The lowest BCUT2D eigenvalue weighted by atomic mass is 10.1. The molecule has 2 heterocycles. The van der Waals surface area contributed by atoms with E-state index in [2.05, 4.69) is 0 Å². The Balaban J connectivity index is 1.49. The van der Waals surface area contributed by atoms with Crippen molar-refractivity contribution in [3.05, 3.63) is 64.7 Å². The Morgan fingerprint density at radius 2 is 2.07 bits per heavy atom. The third-order valence-corrected chi connectivity index (χ3v) is 5.12. The van der Waals surface area contributed by atoms with E-state index in [9.17, 15) is 4.79 Å². The summed E-state index contributed by atoms with van der Waals surface area (Å²) in [4.78, 5) is 14.8. The van der Waals surface area contributed by atoms with Crippen LogP contribution in [-0.2, 0) is 16.1 Å². The molecule has 1 unspecified atom stereocenters. The van der Waals surface area contributed by atoms with E-state index in [-0.39, 0.29) is 18.8 Å². The van der Waals surface area contributed by atoms with E-state index in [4.69, 9.17) is 25.8 Å². The molecule has 28 heavy (non-hydrogen) atoms. The Labute approximate surface area is 169 Å². The normalized spacial score (nSPS) is 18.0. The Hall–Kier alpha value is -2.50. The van der Waals surface area contributed by atoms with Gasteiger partial charge < -0.3 is 19.1 Å². The fourth-order valence-electron chi connectivity index (χ4n) is 3.43. The lowest BCUT2D eigenvalue weighted by molar-refractivity contribution is -0.128. The zero-order valence-electron chi connectivity index (χ0n) is 15.5. The molecule has 1 atom stereocenters. The van der Waals surface area contributed by atoms with E-state index in [0.717, 1.165) is 30.6 Å². The van der Waals surface area contributed by atoms with Gasteiger partial charge in [0.25, 0.3) is 0 Å². The van der Waals surface area contributed by atoms with E-state index in [1.54, 1.807) is 18.2 Å². The molecule has 2 aliphatic rings. The van der Waals surface area contributed by atoms with E-state index < -0.39 is 0 Å². The molecule has 5 nitrogen and oxygen atoms in total. The van der Waals surface area contributed by atoms with Crippen LogP contribution in [0.5, 0.6) is 11.5 Å². The highest BCUT2D eigenvalue weighted by molar-refractivity contribution is 6.32. The lowest BCUT2D eigenvalue weighted by Gasteiger charge is -2.24. The van der Waals surface area contributed by atoms with Crippen LogP contribution in [-0.4, -0.2) is 36.9 Å². The molecule has 0 radical (unpaired) electrons. The van der Waals surface area contributed by atoms with Gasteiger partial charge in [-0.2, -0.15) is 0 Å². The summed E-state index contributed by atoms with van der Waals surface area (Å²) in [6.07, 6.45) is 5.46. The van der Waals surface area contributed by atoms with Gasteiger partial charge in [0.2, 0.25) is 12.7 Å². The zero-order valence-corrected chi connectivity index (χ0v) is 16.2. The van der Waals surface area contributed by atoms with Crippen molar-refractivity contribution in [3.63, 3.8) is 0 Å². The average molecular weight is 400 g/mol. The van der Waals surface area contributed by atoms with Gasteiger partial charge in [0.1, 0.15) is 0 Å². The smallest absolute Gasteiger partial charge is 0.246 e. The molecule has 0 aromatic heterocycles. The highest BCUT2D eigenvalue weighted by Gasteiger charge is 2.22. The number of carbonyl (C=O) groups excluding carboxylic acids is 1. The maximum Gasteiger partial charge on any atom is 0.246 e. The summed E-state index contributed by atoms with van der Waals surface area (Å²) >= 11 is 6.22. The zero-order chi connectivity index (χ0) is 19.3. The van der Waals surface area contributed by atoms with Crippen LogP contribution >= 0.6 is 11.6 Å². The summed E-state index contributed by atoms with van der Waals surface area (Å²) in [7, 11) is 0. The largest absolute Gasteiger partial charge is 0.454 e. The minimum Gasteiger partial charge on any atom is -0.454 e. The summed E-state index contributed by atoms with van der Waals surface area (Å²) < 4.78 is 16.4. The molecule has 1 amide bonds. The van der Waals surface area contributed by atoms with Crippen molar-refractivity contribution in [1.82, 2.24) is 4.90 Å². The number of amides is 1. The van der Waals surface area contributed by atoms with Crippen molar-refractivity contribution in [2.45, 2.75) is 25.5 Å². The van der Waals surface area contributed by atoms with Gasteiger partial charge in [0, 0.05) is 25.8 Å². The van der Waals surface area contributed by atoms with Crippen molar-refractivity contribution in [2.75, 3.05) is 19.9 Å². The summed E-state index contributed by atoms with van der Waals surface area (Å²) in [5.41, 5.74) is 1.88. The van der Waals surface area contributed by atoms with Gasteiger partial charge in [-0.1, -0.05) is 41.9 Å². The van der Waals surface area contributed by atoms with E-state index in [1.165, 1.54) is 0 Å². The Bertz CT molecular complexity index is 862. The predicted octanol–water partition coefficient (Wildman–Crippen LogP) is 4.29. The SMILES string of the molecule is O=C(/C=C/c1cc(Cl)c2c(c1)OCO2)N(Cc1ccccc1)CC1CCCO1. The van der Waals surface area contributed by atoms with Crippen molar-refractivity contribution in [1.29, 1.82) is 0 Å². The van der Waals surface area contributed by atoms with Crippen LogP contribution in [0, 0.1) is 0 Å². The van der Waals surface area contributed by atoms with Crippen molar-refractivity contribution in [3.8, 4) is 11.5 Å². The Morgan fingerprint density at radius 1 is 1.21 bits per heavy atom. The first-order valence-electron chi connectivity index (χ1n) is 9.41. The summed E-state index contributed by atoms with van der Waals surface area (Å²) in [6.45, 7) is 2.06. The van der Waals surface area contributed by atoms with Gasteiger partial charge in [0.15, 0.2) is 11.5 Å². The maximum atomic E-state index is 12.9. The monoisotopic (exact) mass is 399 g/mol. The van der Waals surface area contributed by atoms with Crippen LogP contribution in [0.3, 0.4) is 0 Å². The van der Waals surface area contributed by atoms with E-state index >= 15 is 0 Å². The van der Waals surface area contributed by atoms with Crippen LogP contribution < -0.4 is 9.47 Å². The van der Waals surface area contributed by atoms with Gasteiger partial charge in [-0.05, 0) is 42.2 Å². The molecule has 2 aromatic carbocycles. The Kier molecular flexibility index (Phi) is 5.84. The molecule has 0 spiro atoms. The minimum atomic E-state index is -0.0619. The Morgan fingerprint density at radius 3 is 2.86 bits per heavy atom. The summed E-state index contributed by atoms with van der Waals surface area (Å²) in [6, 6.07) is 13.6. The third-order valence-electron chi connectivity index (χ3n) is 4.84. The van der Waals surface area contributed by atoms with Gasteiger partial charge in [-0.15, -0.1) is 0 Å². The van der Waals surface area contributed by atoms with Crippen LogP contribution in [0.2, 0.25) is 5.02 Å². The standard InChI is InChI=1S/C22H22ClNO4/c23-19-11-17(12-20-22(19)28-15-27-20)8-9-21(25)24(14-18-7-4-10-26-18)13-16-5-2-1-3-6-16/h1-3,5-6,8-9,11-12,18H,4,7,10,13-15H2/b9-8+. The van der Waals surface area contributed by atoms with Gasteiger partial charge >= 0.3 is 0 Å². The van der Waals surface area contributed by atoms with Crippen molar-refractivity contribution >= 4 is 23.6 Å². The lowest BCUT2D eigenvalue weighted by Crippen LogP contribution is -2.35. The fourth-order valence-corrected chi connectivity index (χ4v) is 3.70. The first-order chi connectivity index (χ1) is 13.7. The molecule has 146 valence electrons. The molecule has 2 aliphatic heterocycles. The molecule has 0 aliphatic carbocycles. The molecule has 0 saturated carbocycles. The fraction of sp³-hybridized carbons (Fsp3) is 0.318. The summed E-state index contributed by atoms with van der Waals surface area (Å²) in [5.74, 6) is 1.09. The second-order valence-electron chi connectivity index (χ2n) is 6.91. The average Bonchev–Trinajstić information content (AvgIpc) is 3.38. The van der Waals surface area contributed by atoms with Gasteiger partial charge in [-0.25, -0.2) is 0 Å². The molecule has 4 rings (SSSR count). The minimum absolute atomic E-state index is 0.0619. The van der Waals surface area contributed by atoms with Crippen LogP contribution in [0.4, 0.5) is 0 Å². The number of benzene rings is 2. The first kappa shape index (κ1) is 18.8. The molecular weight excluding hydrogens is 378 g/mol. The highest BCUT2D eigenvalue weighted by atomic mass is 35.5. The number of ether oxygens (including phenoxy) is 3. The molecular formula is C22H22ClNO4. The number of rotatable bonds is 6. The molecule has 2 aromatic rings. The van der Waals surface area contributed by atoms with Crippen LogP contribution in [0.25, 0.3) is 6.08 Å². The summed E-state index contributed by atoms with van der Waals surface area (Å²) in [5, 5.41) is 0.475. The predicted molar refractivity (Wildman–Crippen MR) is 107 cm³/mol. The second-order valence-corrected chi connectivity index (χ2v) is 7.32. The molecule has 1 saturated heterocycles. The molecule has 0 N–H and O–H groups in total. The number of hydrogen-bond donors (Lipinski definition) is 0. The van der Waals surface area contributed by atoms with E-state index in [1.807, 2.05) is 41.3 Å². The van der Waals surface area contributed by atoms with Crippen LogP contribution in [0.15, 0.2) is 48.5 Å². The number of fused-ring (bicyclic) bond motifs is 1. The quantitative estimate of drug-likeness (QED) is 0.680. The van der Waals surface area contributed by atoms with Crippen LogP contribution in [0.1, 0.15) is 24.0 Å². The van der Waals surface area contributed by atoms with Crippen molar-refractivity contribution in [2.24, 2.45) is 0 Å². The number of nitrogens with zero attached hydrogens (tertiary/aromatic N) is 1. The molecule has 0 bridgehead atoms. The number of hydrogen-bond acceptors (Lipinski definition) is 4. The van der Waals surface area contributed by atoms with Gasteiger partial charge in [-0.3, -0.25) is 4.79 Å². The topological polar surface area (TPSA) is 48.0 Å². The first-order valence-corrected chi connectivity index (χ1v) is 9.78. The molecule has 1 fully saturated rings. The molecule has 6 heteroatoms. The third kappa shape index (κ3) is 4.49. The van der Waals surface area contributed by atoms with E-state index in [0.29, 0.717) is 29.6 Å². The van der Waals surface area contributed by atoms with Crippen molar-refractivity contribution < 1.29 is 19.0 Å². The van der Waals surface area contributed by atoms with Gasteiger partial charge in [0.05, 0.1) is 11.1 Å². The number of carbonyl (C=O) groups is 1. The maximum absolute atomic E-state index is 12.9. The second kappa shape index (κ2) is 8.67.